The minimum Gasteiger partial charge on any atom is -0.497 e. The lowest BCUT2D eigenvalue weighted by Crippen LogP contribution is -2.14. The highest BCUT2D eigenvalue weighted by Crippen LogP contribution is 2.30. The number of methoxy groups -OCH3 is 2. The van der Waals surface area contributed by atoms with Gasteiger partial charge in [-0.05, 0) is 47.8 Å². The smallest absolute Gasteiger partial charge is 0.265 e. The topological polar surface area (TPSA) is 108 Å². The normalized spacial score (nSPS) is 11.5. The van der Waals surface area contributed by atoms with Gasteiger partial charge >= 0.3 is 0 Å². The molecule has 0 unspecified atom stereocenters. The van der Waals surface area contributed by atoms with Gasteiger partial charge < -0.3 is 9.47 Å². The van der Waals surface area contributed by atoms with E-state index in [1.165, 1.54) is 20.3 Å². The third kappa shape index (κ3) is 4.06. The average Bonchev–Trinajstić information content (AvgIpc) is 3.53. The molecule has 0 atom stereocenters. The minimum absolute atomic E-state index is 0.0146. The van der Waals surface area contributed by atoms with Crippen molar-refractivity contribution in [3.63, 3.8) is 0 Å². The summed E-state index contributed by atoms with van der Waals surface area (Å²) in [6.07, 6.45) is 0. The molecule has 0 bridgehead atoms. The number of thiophene rings is 1. The van der Waals surface area contributed by atoms with Gasteiger partial charge in [-0.3, -0.25) is 4.72 Å². The molecule has 0 aliphatic carbocycles. The maximum absolute atomic E-state index is 13.0. The number of hydrogen-bond acceptors (Lipinski definition) is 8. The molecule has 3 heterocycles. The maximum Gasteiger partial charge on any atom is 0.265 e. The standard InChI is InChI=1S/C23H19N5O4S2/c1-31-17-9-11-19(32-2)21(14-17)34(29,30)27-16-7-5-15(6-8-16)18-10-12-22-24-25-23(28(22)26-18)20-4-3-13-33-20/h3-14,27H,1-2H3. The number of nitrogens with one attached hydrogen (secondary N) is 1. The number of anilines is 1. The van der Waals surface area contributed by atoms with Crippen molar-refractivity contribution in [2.24, 2.45) is 0 Å². The summed E-state index contributed by atoms with van der Waals surface area (Å²) in [6, 6.07) is 19.2. The van der Waals surface area contributed by atoms with E-state index in [0.717, 1.165) is 10.4 Å². The molecule has 5 rings (SSSR count). The summed E-state index contributed by atoms with van der Waals surface area (Å²) < 4.78 is 40.7. The minimum atomic E-state index is -3.91. The van der Waals surface area contributed by atoms with E-state index in [-0.39, 0.29) is 10.6 Å². The van der Waals surface area contributed by atoms with Gasteiger partial charge in [0.1, 0.15) is 16.4 Å². The van der Waals surface area contributed by atoms with Crippen molar-refractivity contribution >= 4 is 32.7 Å². The van der Waals surface area contributed by atoms with Crippen molar-refractivity contribution < 1.29 is 17.9 Å². The van der Waals surface area contributed by atoms with Crippen LogP contribution in [0.2, 0.25) is 0 Å². The number of aromatic nitrogens is 4. The molecule has 0 fully saturated rings. The number of sulfonamides is 1. The number of benzene rings is 2. The Balaban J connectivity index is 1.43. The summed E-state index contributed by atoms with van der Waals surface area (Å²) in [5.41, 5.74) is 2.56. The molecule has 0 aliphatic rings. The first-order chi connectivity index (χ1) is 16.5. The molecule has 11 heteroatoms. The Labute approximate surface area is 199 Å². The average molecular weight is 494 g/mol. The van der Waals surface area contributed by atoms with E-state index in [1.807, 2.05) is 29.6 Å². The maximum atomic E-state index is 13.0. The van der Waals surface area contributed by atoms with Crippen LogP contribution in [-0.4, -0.2) is 42.4 Å². The monoisotopic (exact) mass is 493 g/mol. The summed E-state index contributed by atoms with van der Waals surface area (Å²) in [7, 11) is -1.02. The summed E-state index contributed by atoms with van der Waals surface area (Å²) in [4.78, 5) is 0.953. The van der Waals surface area contributed by atoms with Gasteiger partial charge in [0, 0.05) is 17.3 Å². The van der Waals surface area contributed by atoms with Crippen molar-refractivity contribution in [1.29, 1.82) is 0 Å². The molecular formula is C23H19N5O4S2. The highest BCUT2D eigenvalue weighted by Gasteiger charge is 2.21. The Hall–Kier alpha value is -3.96. The zero-order valence-corrected chi connectivity index (χ0v) is 19.8. The van der Waals surface area contributed by atoms with Crippen molar-refractivity contribution in [2.75, 3.05) is 18.9 Å². The van der Waals surface area contributed by atoms with Gasteiger partial charge in [-0.15, -0.1) is 21.5 Å². The lowest BCUT2D eigenvalue weighted by atomic mass is 10.1. The van der Waals surface area contributed by atoms with Crippen LogP contribution >= 0.6 is 11.3 Å². The molecule has 9 nitrogen and oxygen atoms in total. The largest absolute Gasteiger partial charge is 0.497 e. The fourth-order valence-electron chi connectivity index (χ4n) is 3.42. The second-order valence-corrected chi connectivity index (χ2v) is 9.79. The van der Waals surface area contributed by atoms with Crippen LogP contribution in [0.25, 0.3) is 27.6 Å². The fourth-order valence-corrected chi connectivity index (χ4v) is 5.35. The molecule has 0 aliphatic heterocycles. The van der Waals surface area contributed by atoms with Crippen molar-refractivity contribution in [3.05, 3.63) is 72.1 Å². The molecule has 1 N–H and O–H groups in total. The first kappa shape index (κ1) is 21.9. The van der Waals surface area contributed by atoms with E-state index < -0.39 is 10.0 Å². The van der Waals surface area contributed by atoms with E-state index in [1.54, 1.807) is 52.3 Å². The number of ether oxygens (including phenoxy) is 2. The van der Waals surface area contributed by atoms with Gasteiger partial charge in [-0.2, -0.15) is 9.61 Å². The second-order valence-electron chi connectivity index (χ2n) is 7.19. The number of rotatable bonds is 7. The van der Waals surface area contributed by atoms with E-state index in [9.17, 15) is 8.42 Å². The van der Waals surface area contributed by atoms with Gasteiger partial charge in [0.2, 0.25) is 0 Å². The lowest BCUT2D eigenvalue weighted by Gasteiger charge is -2.13. The van der Waals surface area contributed by atoms with Crippen molar-refractivity contribution in [3.8, 4) is 33.5 Å². The Morgan fingerprint density at radius 2 is 1.76 bits per heavy atom. The molecule has 5 aromatic rings. The molecule has 0 spiro atoms. The number of fused-ring (bicyclic) bond motifs is 1. The number of hydrogen-bond donors (Lipinski definition) is 1. The van der Waals surface area contributed by atoms with Crippen LogP contribution in [0.15, 0.2) is 77.0 Å². The van der Waals surface area contributed by atoms with Crippen LogP contribution in [0.5, 0.6) is 11.5 Å². The first-order valence-corrected chi connectivity index (χ1v) is 12.5. The summed E-state index contributed by atoms with van der Waals surface area (Å²) in [6.45, 7) is 0. The van der Waals surface area contributed by atoms with Gasteiger partial charge in [0.05, 0.1) is 24.8 Å². The predicted molar refractivity (Wildman–Crippen MR) is 130 cm³/mol. The Morgan fingerprint density at radius 3 is 2.47 bits per heavy atom. The molecule has 2 aromatic carbocycles. The zero-order valence-electron chi connectivity index (χ0n) is 18.2. The summed E-state index contributed by atoms with van der Waals surface area (Å²) in [5.74, 6) is 1.30. The predicted octanol–water partition coefficient (Wildman–Crippen LogP) is 4.34. The van der Waals surface area contributed by atoms with Crippen LogP contribution in [-0.2, 0) is 10.0 Å². The van der Waals surface area contributed by atoms with Crippen LogP contribution < -0.4 is 14.2 Å². The molecule has 0 saturated carbocycles. The molecule has 0 amide bonds. The quantitative estimate of drug-likeness (QED) is 0.359. The van der Waals surface area contributed by atoms with Gasteiger partial charge in [0.25, 0.3) is 10.0 Å². The lowest BCUT2D eigenvalue weighted by molar-refractivity contribution is 0.392. The second kappa shape index (κ2) is 8.76. The highest BCUT2D eigenvalue weighted by molar-refractivity contribution is 7.92. The zero-order chi connectivity index (χ0) is 23.7. The van der Waals surface area contributed by atoms with Gasteiger partial charge in [-0.25, -0.2) is 8.42 Å². The van der Waals surface area contributed by atoms with Gasteiger partial charge in [-0.1, -0.05) is 18.2 Å². The van der Waals surface area contributed by atoms with E-state index in [0.29, 0.717) is 28.6 Å². The molecule has 172 valence electrons. The third-order valence-electron chi connectivity index (χ3n) is 5.10. The molecular weight excluding hydrogens is 474 g/mol. The van der Waals surface area contributed by atoms with E-state index >= 15 is 0 Å². The third-order valence-corrected chi connectivity index (χ3v) is 7.37. The van der Waals surface area contributed by atoms with Gasteiger partial charge in [0.15, 0.2) is 11.5 Å². The fraction of sp³-hybridized carbons (Fsp3) is 0.0870. The Kier molecular flexibility index (Phi) is 5.64. The van der Waals surface area contributed by atoms with Crippen molar-refractivity contribution in [1.82, 2.24) is 19.8 Å². The van der Waals surface area contributed by atoms with Crippen LogP contribution in [0.4, 0.5) is 5.69 Å². The van der Waals surface area contributed by atoms with E-state index in [2.05, 4.69) is 20.0 Å². The van der Waals surface area contributed by atoms with Crippen LogP contribution in [0.3, 0.4) is 0 Å². The highest BCUT2D eigenvalue weighted by atomic mass is 32.2. The SMILES string of the molecule is COc1ccc(OC)c(S(=O)(=O)Nc2ccc(-c3ccc4nnc(-c5cccs5)n4n3)cc2)c1. The van der Waals surface area contributed by atoms with Crippen LogP contribution in [0.1, 0.15) is 0 Å². The Morgan fingerprint density at radius 1 is 0.941 bits per heavy atom. The molecule has 3 aromatic heterocycles. The Bertz CT molecular complexity index is 1560. The van der Waals surface area contributed by atoms with E-state index in [4.69, 9.17) is 9.47 Å². The van der Waals surface area contributed by atoms with Crippen LogP contribution in [0, 0.1) is 0 Å². The summed E-state index contributed by atoms with van der Waals surface area (Å²) >= 11 is 1.56. The molecule has 34 heavy (non-hydrogen) atoms. The van der Waals surface area contributed by atoms with Crippen molar-refractivity contribution in [2.45, 2.75) is 4.90 Å². The molecule has 0 radical (unpaired) electrons. The summed E-state index contributed by atoms with van der Waals surface area (Å²) in [5, 5.41) is 15.1. The first-order valence-electron chi connectivity index (χ1n) is 10.1. The number of nitrogens with zero attached hydrogens (tertiary/aromatic N) is 4. The molecule has 0 saturated heterocycles.